The van der Waals surface area contributed by atoms with E-state index in [9.17, 15) is 4.79 Å². The molecular weight excluding hydrogens is 236 g/mol. The third kappa shape index (κ3) is 3.88. The van der Waals surface area contributed by atoms with Crippen LogP contribution in [0.2, 0.25) is 0 Å². The SMILES string of the molecule is CCc1ccc(C(=O)CN2CCN(CC)CC2)cc1. The van der Waals surface area contributed by atoms with Gasteiger partial charge in [0.2, 0.25) is 0 Å². The van der Waals surface area contributed by atoms with E-state index in [1.165, 1.54) is 5.56 Å². The standard InChI is InChI=1S/C16H24N2O/c1-3-14-5-7-15(8-6-14)16(19)13-18-11-9-17(4-2)10-12-18/h5-8H,3-4,9-13H2,1-2H3. The quantitative estimate of drug-likeness (QED) is 0.757. The average Bonchev–Trinajstić information content (AvgIpc) is 2.48. The highest BCUT2D eigenvalue weighted by Gasteiger charge is 2.18. The summed E-state index contributed by atoms with van der Waals surface area (Å²) in [5.74, 6) is 0.243. The molecule has 0 N–H and O–H groups in total. The van der Waals surface area contributed by atoms with Gasteiger partial charge < -0.3 is 4.90 Å². The van der Waals surface area contributed by atoms with Crippen molar-refractivity contribution in [3.63, 3.8) is 0 Å². The van der Waals surface area contributed by atoms with Crippen LogP contribution in [0.1, 0.15) is 29.8 Å². The summed E-state index contributed by atoms with van der Waals surface area (Å²) in [6, 6.07) is 8.04. The molecule has 1 aliphatic rings. The van der Waals surface area contributed by atoms with Crippen molar-refractivity contribution in [2.75, 3.05) is 39.3 Å². The molecule has 1 heterocycles. The first-order valence-corrected chi connectivity index (χ1v) is 7.29. The molecule has 0 radical (unpaired) electrons. The lowest BCUT2D eigenvalue weighted by molar-refractivity contribution is 0.0859. The van der Waals surface area contributed by atoms with E-state index < -0.39 is 0 Å². The number of carbonyl (C=O) groups excluding carboxylic acids is 1. The number of carbonyl (C=O) groups is 1. The van der Waals surface area contributed by atoms with E-state index >= 15 is 0 Å². The van der Waals surface area contributed by atoms with Crippen LogP contribution >= 0.6 is 0 Å². The number of piperazine rings is 1. The van der Waals surface area contributed by atoms with Crippen molar-refractivity contribution in [2.45, 2.75) is 20.3 Å². The molecule has 3 nitrogen and oxygen atoms in total. The Kier molecular flexibility index (Phi) is 5.11. The summed E-state index contributed by atoms with van der Waals surface area (Å²) in [5, 5.41) is 0. The molecular formula is C16H24N2O. The van der Waals surface area contributed by atoms with Crippen molar-refractivity contribution in [1.82, 2.24) is 9.80 Å². The molecule has 3 heteroatoms. The third-order valence-electron chi connectivity index (χ3n) is 3.96. The molecule has 1 saturated heterocycles. The fourth-order valence-corrected chi connectivity index (χ4v) is 2.48. The lowest BCUT2D eigenvalue weighted by atomic mass is 10.1. The normalized spacial score (nSPS) is 17.6. The van der Waals surface area contributed by atoms with Crippen molar-refractivity contribution in [1.29, 1.82) is 0 Å². The predicted molar refractivity (Wildman–Crippen MR) is 78.7 cm³/mol. The van der Waals surface area contributed by atoms with Crippen LogP contribution in [0.4, 0.5) is 0 Å². The minimum Gasteiger partial charge on any atom is -0.301 e. The van der Waals surface area contributed by atoms with Crippen LogP contribution in [-0.2, 0) is 6.42 Å². The summed E-state index contributed by atoms with van der Waals surface area (Å²) in [4.78, 5) is 16.9. The number of benzene rings is 1. The van der Waals surface area contributed by atoms with E-state index in [0.717, 1.165) is 44.7 Å². The second kappa shape index (κ2) is 6.83. The maximum atomic E-state index is 12.2. The van der Waals surface area contributed by atoms with Crippen molar-refractivity contribution < 1.29 is 4.79 Å². The molecule has 0 spiro atoms. The smallest absolute Gasteiger partial charge is 0.176 e. The van der Waals surface area contributed by atoms with Crippen LogP contribution in [0.5, 0.6) is 0 Å². The van der Waals surface area contributed by atoms with Crippen molar-refractivity contribution in [2.24, 2.45) is 0 Å². The number of nitrogens with zero attached hydrogens (tertiary/aromatic N) is 2. The van der Waals surface area contributed by atoms with Crippen LogP contribution in [0.15, 0.2) is 24.3 Å². The molecule has 0 atom stereocenters. The minimum atomic E-state index is 0.243. The second-order valence-electron chi connectivity index (χ2n) is 5.18. The lowest BCUT2D eigenvalue weighted by Crippen LogP contribution is -2.47. The summed E-state index contributed by atoms with van der Waals surface area (Å²) >= 11 is 0. The van der Waals surface area contributed by atoms with Crippen LogP contribution in [0.3, 0.4) is 0 Å². The van der Waals surface area contributed by atoms with Crippen LogP contribution in [-0.4, -0.2) is 54.9 Å². The van der Waals surface area contributed by atoms with Gasteiger partial charge in [-0.05, 0) is 18.5 Å². The summed E-state index contributed by atoms with van der Waals surface area (Å²) in [6.45, 7) is 10.2. The zero-order valence-corrected chi connectivity index (χ0v) is 12.1. The Balaban J connectivity index is 1.87. The van der Waals surface area contributed by atoms with Gasteiger partial charge in [-0.25, -0.2) is 0 Å². The second-order valence-corrected chi connectivity index (χ2v) is 5.18. The zero-order valence-electron chi connectivity index (χ0n) is 12.1. The Hall–Kier alpha value is -1.19. The lowest BCUT2D eigenvalue weighted by Gasteiger charge is -2.33. The van der Waals surface area contributed by atoms with Gasteiger partial charge in [0.15, 0.2) is 5.78 Å². The molecule has 1 fully saturated rings. The molecule has 0 aromatic heterocycles. The molecule has 1 aliphatic heterocycles. The highest BCUT2D eigenvalue weighted by molar-refractivity contribution is 5.97. The number of rotatable bonds is 5. The first-order valence-electron chi connectivity index (χ1n) is 7.29. The molecule has 0 unspecified atom stereocenters. The van der Waals surface area contributed by atoms with Crippen LogP contribution in [0.25, 0.3) is 0 Å². The zero-order chi connectivity index (χ0) is 13.7. The third-order valence-corrected chi connectivity index (χ3v) is 3.96. The van der Waals surface area contributed by atoms with E-state index in [4.69, 9.17) is 0 Å². The van der Waals surface area contributed by atoms with Gasteiger partial charge in [-0.1, -0.05) is 38.1 Å². The van der Waals surface area contributed by atoms with Gasteiger partial charge in [-0.3, -0.25) is 9.69 Å². The molecule has 0 aliphatic carbocycles. The van der Waals surface area contributed by atoms with Gasteiger partial charge in [-0.15, -0.1) is 0 Å². The summed E-state index contributed by atoms with van der Waals surface area (Å²) < 4.78 is 0. The number of likely N-dealkylation sites (N-methyl/N-ethyl adjacent to an activating group) is 1. The van der Waals surface area contributed by atoms with E-state index in [-0.39, 0.29) is 5.78 Å². The topological polar surface area (TPSA) is 23.6 Å². The molecule has 104 valence electrons. The van der Waals surface area contributed by atoms with Gasteiger partial charge in [-0.2, -0.15) is 0 Å². The number of hydrogen-bond donors (Lipinski definition) is 0. The van der Waals surface area contributed by atoms with E-state index in [0.29, 0.717) is 6.54 Å². The molecule has 0 amide bonds. The minimum absolute atomic E-state index is 0.243. The van der Waals surface area contributed by atoms with Crippen LogP contribution in [0, 0.1) is 0 Å². The number of hydrogen-bond acceptors (Lipinski definition) is 3. The monoisotopic (exact) mass is 260 g/mol. The first-order chi connectivity index (χ1) is 9.22. The van der Waals surface area contributed by atoms with Gasteiger partial charge >= 0.3 is 0 Å². The summed E-state index contributed by atoms with van der Waals surface area (Å²) in [6.07, 6.45) is 1.02. The molecule has 0 bridgehead atoms. The maximum absolute atomic E-state index is 12.2. The van der Waals surface area contributed by atoms with E-state index in [1.54, 1.807) is 0 Å². The Labute approximate surface area is 116 Å². The van der Waals surface area contributed by atoms with Gasteiger partial charge in [0.1, 0.15) is 0 Å². The Morgan fingerprint density at radius 3 is 2.11 bits per heavy atom. The fraction of sp³-hybridized carbons (Fsp3) is 0.562. The van der Waals surface area contributed by atoms with Crippen molar-refractivity contribution >= 4 is 5.78 Å². The predicted octanol–water partition coefficient (Wildman–Crippen LogP) is 2.07. The molecule has 2 rings (SSSR count). The van der Waals surface area contributed by atoms with Gasteiger partial charge in [0.25, 0.3) is 0 Å². The molecule has 19 heavy (non-hydrogen) atoms. The van der Waals surface area contributed by atoms with E-state index in [1.807, 2.05) is 12.1 Å². The summed E-state index contributed by atoms with van der Waals surface area (Å²) in [5.41, 5.74) is 2.13. The number of Topliss-reactive ketones (excluding diaryl/α,β-unsaturated/α-hetero) is 1. The highest BCUT2D eigenvalue weighted by Crippen LogP contribution is 2.08. The largest absolute Gasteiger partial charge is 0.301 e. The number of ketones is 1. The Morgan fingerprint density at radius 1 is 1.00 bits per heavy atom. The first kappa shape index (κ1) is 14.2. The van der Waals surface area contributed by atoms with Gasteiger partial charge in [0.05, 0.1) is 6.54 Å². The molecule has 0 saturated carbocycles. The Morgan fingerprint density at radius 2 is 1.58 bits per heavy atom. The van der Waals surface area contributed by atoms with Gasteiger partial charge in [0, 0.05) is 31.7 Å². The van der Waals surface area contributed by atoms with E-state index in [2.05, 4.69) is 35.8 Å². The van der Waals surface area contributed by atoms with Crippen LogP contribution < -0.4 is 0 Å². The Bertz CT molecular complexity index is 405. The molecule has 1 aromatic carbocycles. The fourth-order valence-electron chi connectivity index (χ4n) is 2.48. The molecule has 1 aromatic rings. The maximum Gasteiger partial charge on any atom is 0.176 e. The highest BCUT2D eigenvalue weighted by atomic mass is 16.1. The number of aryl methyl sites for hydroxylation is 1. The van der Waals surface area contributed by atoms with Crippen molar-refractivity contribution in [3.05, 3.63) is 35.4 Å². The summed E-state index contributed by atoms with van der Waals surface area (Å²) in [7, 11) is 0. The average molecular weight is 260 g/mol. The van der Waals surface area contributed by atoms with Crippen molar-refractivity contribution in [3.8, 4) is 0 Å².